The molecule has 0 bridgehead atoms. The maximum absolute atomic E-state index is 11.4. The third kappa shape index (κ3) is 2.87. The van der Waals surface area contributed by atoms with Crippen LogP contribution in [0, 0.1) is 0 Å². The molecule has 0 atom stereocenters. The van der Waals surface area contributed by atoms with Crippen LogP contribution in [0.4, 0.5) is 5.69 Å². The molecule has 0 spiro atoms. The van der Waals surface area contributed by atoms with E-state index >= 15 is 0 Å². The van der Waals surface area contributed by atoms with Crippen molar-refractivity contribution in [2.45, 2.75) is 13.3 Å². The van der Waals surface area contributed by atoms with Crippen LogP contribution in [-0.2, 0) is 4.74 Å². The van der Waals surface area contributed by atoms with Crippen LogP contribution in [0.2, 0.25) is 0 Å². The topological polar surface area (TPSA) is 61.5 Å². The number of ether oxygens (including phenoxy) is 2. The van der Waals surface area contributed by atoms with Crippen LogP contribution in [-0.4, -0.2) is 19.7 Å². The van der Waals surface area contributed by atoms with Gasteiger partial charge in [-0.1, -0.05) is 6.92 Å². The van der Waals surface area contributed by atoms with Crippen molar-refractivity contribution in [3.63, 3.8) is 0 Å². The van der Waals surface area contributed by atoms with E-state index in [4.69, 9.17) is 10.5 Å². The molecule has 2 N–H and O–H groups in total. The number of methoxy groups -OCH3 is 1. The molecule has 1 aromatic rings. The molecule has 4 nitrogen and oxygen atoms in total. The fourth-order valence-electron chi connectivity index (χ4n) is 1.15. The lowest BCUT2D eigenvalue weighted by Crippen LogP contribution is -2.06. The Labute approximate surface area is 89.0 Å². The number of carbonyl (C=O) groups excluding carboxylic acids is 1. The highest BCUT2D eigenvalue weighted by Crippen LogP contribution is 2.22. The molecule has 1 aromatic carbocycles. The van der Waals surface area contributed by atoms with Crippen LogP contribution in [0.1, 0.15) is 23.7 Å². The van der Waals surface area contributed by atoms with Crippen molar-refractivity contribution in [3.05, 3.63) is 23.8 Å². The highest BCUT2D eigenvalue weighted by molar-refractivity contribution is 5.93. The summed E-state index contributed by atoms with van der Waals surface area (Å²) in [4.78, 5) is 11.4. The van der Waals surface area contributed by atoms with E-state index < -0.39 is 5.97 Å². The zero-order chi connectivity index (χ0) is 11.3. The highest BCUT2D eigenvalue weighted by atomic mass is 16.5. The predicted octanol–water partition coefficient (Wildman–Crippen LogP) is 1.84. The Kier molecular flexibility index (Phi) is 3.97. The molecule has 0 saturated carbocycles. The summed E-state index contributed by atoms with van der Waals surface area (Å²) in [5, 5.41) is 0. The molecule has 0 aliphatic heterocycles. The largest absolute Gasteiger partial charge is 0.493 e. The van der Waals surface area contributed by atoms with Gasteiger partial charge in [-0.2, -0.15) is 0 Å². The maximum atomic E-state index is 11.4. The molecule has 0 radical (unpaired) electrons. The third-order valence-corrected chi connectivity index (χ3v) is 1.87. The lowest BCUT2D eigenvalue weighted by molar-refractivity contribution is 0.0596. The summed E-state index contributed by atoms with van der Waals surface area (Å²) in [6.45, 7) is 2.54. The Balaban J connectivity index is 2.97. The van der Waals surface area contributed by atoms with Gasteiger partial charge in [0.05, 0.1) is 13.7 Å². The average molecular weight is 209 g/mol. The monoisotopic (exact) mass is 209 g/mol. The number of nitrogens with two attached hydrogens (primary N) is 1. The van der Waals surface area contributed by atoms with Crippen molar-refractivity contribution in [1.82, 2.24) is 0 Å². The Morgan fingerprint density at radius 1 is 1.47 bits per heavy atom. The lowest BCUT2D eigenvalue weighted by Gasteiger charge is -2.09. The van der Waals surface area contributed by atoms with Crippen LogP contribution in [0.25, 0.3) is 0 Å². The molecule has 0 unspecified atom stereocenters. The minimum atomic E-state index is -0.416. The number of carbonyl (C=O) groups is 1. The second-order valence-electron chi connectivity index (χ2n) is 3.10. The number of hydrogen-bond donors (Lipinski definition) is 1. The summed E-state index contributed by atoms with van der Waals surface area (Å²) in [5.41, 5.74) is 6.58. The van der Waals surface area contributed by atoms with Gasteiger partial charge in [0.25, 0.3) is 0 Å². The zero-order valence-electron chi connectivity index (χ0n) is 8.95. The van der Waals surface area contributed by atoms with Crippen LogP contribution < -0.4 is 10.5 Å². The molecule has 0 aliphatic carbocycles. The summed E-state index contributed by atoms with van der Waals surface area (Å²) >= 11 is 0. The van der Waals surface area contributed by atoms with Gasteiger partial charge in [-0.3, -0.25) is 0 Å². The maximum Gasteiger partial charge on any atom is 0.341 e. The third-order valence-electron chi connectivity index (χ3n) is 1.87. The van der Waals surface area contributed by atoms with Crippen molar-refractivity contribution >= 4 is 11.7 Å². The molecule has 15 heavy (non-hydrogen) atoms. The molecule has 0 aromatic heterocycles. The van der Waals surface area contributed by atoms with Crippen molar-refractivity contribution in [1.29, 1.82) is 0 Å². The number of anilines is 1. The Morgan fingerprint density at radius 2 is 2.20 bits per heavy atom. The van der Waals surface area contributed by atoms with Crippen LogP contribution in [0.15, 0.2) is 18.2 Å². The van der Waals surface area contributed by atoms with Crippen molar-refractivity contribution < 1.29 is 14.3 Å². The van der Waals surface area contributed by atoms with Gasteiger partial charge in [0.15, 0.2) is 0 Å². The van der Waals surface area contributed by atoms with Crippen LogP contribution >= 0.6 is 0 Å². The van der Waals surface area contributed by atoms with Gasteiger partial charge >= 0.3 is 5.97 Å². The smallest absolute Gasteiger partial charge is 0.341 e. The van der Waals surface area contributed by atoms with E-state index in [-0.39, 0.29) is 0 Å². The van der Waals surface area contributed by atoms with Crippen LogP contribution in [0.5, 0.6) is 5.75 Å². The van der Waals surface area contributed by atoms with Gasteiger partial charge in [-0.05, 0) is 18.6 Å². The molecule has 0 saturated heterocycles. The molecule has 0 fully saturated rings. The van der Waals surface area contributed by atoms with E-state index in [2.05, 4.69) is 4.74 Å². The second kappa shape index (κ2) is 5.24. The first-order valence-electron chi connectivity index (χ1n) is 4.79. The molecule has 0 heterocycles. The van der Waals surface area contributed by atoms with Gasteiger partial charge < -0.3 is 15.2 Å². The summed E-state index contributed by atoms with van der Waals surface area (Å²) in [6, 6.07) is 4.87. The zero-order valence-corrected chi connectivity index (χ0v) is 8.95. The molecule has 0 amide bonds. The summed E-state index contributed by atoms with van der Waals surface area (Å²) in [6.07, 6.45) is 0.870. The van der Waals surface area contributed by atoms with E-state index in [9.17, 15) is 4.79 Å². The highest BCUT2D eigenvalue weighted by Gasteiger charge is 2.12. The number of rotatable bonds is 4. The second-order valence-corrected chi connectivity index (χ2v) is 3.10. The van der Waals surface area contributed by atoms with E-state index in [1.54, 1.807) is 18.2 Å². The van der Waals surface area contributed by atoms with Gasteiger partial charge in [0.1, 0.15) is 11.3 Å². The predicted molar refractivity (Wildman–Crippen MR) is 58.0 cm³/mol. The minimum absolute atomic E-state index is 0.403. The number of esters is 1. The normalized spacial score (nSPS) is 9.73. The minimum Gasteiger partial charge on any atom is -0.493 e. The molecule has 4 heteroatoms. The van der Waals surface area contributed by atoms with E-state index in [1.807, 2.05) is 6.92 Å². The Morgan fingerprint density at radius 3 is 2.80 bits per heavy atom. The average Bonchev–Trinajstić information content (AvgIpc) is 2.25. The Bertz CT molecular complexity index is 350. The number of benzene rings is 1. The molecule has 1 rings (SSSR count). The SMILES string of the molecule is CCCOc1cc(N)ccc1C(=O)OC. The summed E-state index contributed by atoms with van der Waals surface area (Å²) < 4.78 is 10.0. The first-order chi connectivity index (χ1) is 7.19. The number of nitrogen functional groups attached to an aromatic ring is 1. The lowest BCUT2D eigenvalue weighted by atomic mass is 10.2. The van der Waals surface area contributed by atoms with Crippen LogP contribution in [0.3, 0.4) is 0 Å². The van der Waals surface area contributed by atoms with E-state index in [1.165, 1.54) is 7.11 Å². The molecule has 0 aliphatic rings. The summed E-state index contributed by atoms with van der Waals surface area (Å²) in [7, 11) is 1.34. The molecular weight excluding hydrogens is 194 g/mol. The Hall–Kier alpha value is -1.71. The van der Waals surface area contributed by atoms with E-state index in [0.29, 0.717) is 23.6 Å². The van der Waals surface area contributed by atoms with Gasteiger partial charge in [-0.15, -0.1) is 0 Å². The van der Waals surface area contributed by atoms with Crippen molar-refractivity contribution in [3.8, 4) is 5.75 Å². The van der Waals surface area contributed by atoms with E-state index in [0.717, 1.165) is 6.42 Å². The number of hydrogen-bond acceptors (Lipinski definition) is 4. The van der Waals surface area contributed by atoms with Crippen molar-refractivity contribution in [2.75, 3.05) is 19.5 Å². The van der Waals surface area contributed by atoms with Crippen molar-refractivity contribution in [2.24, 2.45) is 0 Å². The molecule has 82 valence electrons. The molecular formula is C11H15NO3. The fourth-order valence-corrected chi connectivity index (χ4v) is 1.15. The first-order valence-corrected chi connectivity index (χ1v) is 4.79. The standard InChI is InChI=1S/C11H15NO3/c1-3-6-15-10-7-8(12)4-5-9(10)11(13)14-2/h4-5,7H,3,6,12H2,1-2H3. The fraction of sp³-hybridized carbons (Fsp3) is 0.364. The summed E-state index contributed by atoms with van der Waals surface area (Å²) in [5.74, 6) is 0.0600. The van der Waals surface area contributed by atoms with Gasteiger partial charge in [0, 0.05) is 11.8 Å². The van der Waals surface area contributed by atoms with Gasteiger partial charge in [-0.25, -0.2) is 4.79 Å². The first kappa shape index (κ1) is 11.4. The quantitative estimate of drug-likeness (QED) is 0.607. The van der Waals surface area contributed by atoms with Gasteiger partial charge in [0.2, 0.25) is 0 Å².